The average molecular weight is 341 g/mol. The Morgan fingerprint density at radius 2 is 1.87 bits per heavy atom. The number of nitrogens with one attached hydrogen (secondary N) is 2. The molecule has 2 N–H and O–H groups in total. The van der Waals surface area contributed by atoms with Crippen molar-refractivity contribution in [2.75, 3.05) is 37.7 Å². The van der Waals surface area contributed by atoms with Crippen molar-refractivity contribution in [3.05, 3.63) is 29.8 Å². The van der Waals surface area contributed by atoms with Crippen LogP contribution < -0.4 is 15.4 Å². The zero-order chi connectivity index (χ0) is 17.1. The maximum Gasteiger partial charge on any atom is 0.191 e. The minimum atomic E-state index is -2.98. The number of sulfone groups is 1. The first-order valence-electron chi connectivity index (χ1n) is 7.89. The van der Waals surface area contributed by atoms with Gasteiger partial charge in [-0.1, -0.05) is 24.6 Å². The summed E-state index contributed by atoms with van der Waals surface area (Å²) in [5.41, 5.74) is 1.19. The number of aliphatic imine (C=N–C) groups is 1. The third-order valence-electron chi connectivity index (χ3n) is 3.14. The molecule has 23 heavy (non-hydrogen) atoms. The van der Waals surface area contributed by atoms with E-state index in [1.807, 2.05) is 38.1 Å². The molecular formula is C16H27N3O3S. The fraction of sp³-hybridized carbons (Fsp3) is 0.562. The fourth-order valence-electron chi connectivity index (χ4n) is 1.76. The van der Waals surface area contributed by atoms with Crippen molar-refractivity contribution >= 4 is 15.8 Å². The molecule has 0 fully saturated rings. The molecule has 0 aliphatic rings. The molecule has 0 spiro atoms. The normalized spacial score (nSPS) is 12.0. The maximum atomic E-state index is 11.4. The summed E-state index contributed by atoms with van der Waals surface area (Å²) in [7, 11) is -2.98. The largest absolute Gasteiger partial charge is 0.492 e. The van der Waals surface area contributed by atoms with Crippen LogP contribution in [0.25, 0.3) is 0 Å². The van der Waals surface area contributed by atoms with Gasteiger partial charge in [-0.25, -0.2) is 8.42 Å². The number of hydrogen-bond donors (Lipinski definition) is 2. The Morgan fingerprint density at radius 1 is 1.17 bits per heavy atom. The molecule has 0 atom stereocenters. The van der Waals surface area contributed by atoms with Gasteiger partial charge in [-0.05, 0) is 26.0 Å². The van der Waals surface area contributed by atoms with Gasteiger partial charge in [-0.3, -0.25) is 4.99 Å². The highest BCUT2D eigenvalue weighted by Crippen LogP contribution is 2.10. The number of ether oxygens (including phenoxy) is 1. The maximum absolute atomic E-state index is 11.4. The highest BCUT2D eigenvalue weighted by atomic mass is 32.2. The number of guanidine groups is 1. The highest BCUT2D eigenvalue weighted by molar-refractivity contribution is 7.91. The molecule has 0 saturated heterocycles. The van der Waals surface area contributed by atoms with Crippen LogP contribution in [0.1, 0.15) is 19.4 Å². The molecule has 0 heterocycles. The van der Waals surface area contributed by atoms with E-state index < -0.39 is 9.84 Å². The topological polar surface area (TPSA) is 79.8 Å². The van der Waals surface area contributed by atoms with Crippen molar-refractivity contribution in [2.45, 2.75) is 20.8 Å². The van der Waals surface area contributed by atoms with Crippen LogP contribution in [-0.4, -0.2) is 52.1 Å². The van der Waals surface area contributed by atoms with Gasteiger partial charge in [0.1, 0.15) is 12.4 Å². The van der Waals surface area contributed by atoms with Crippen molar-refractivity contribution in [3.63, 3.8) is 0 Å². The molecule has 0 radical (unpaired) electrons. The SMILES string of the molecule is CCNC(=NCCS(=O)(=O)CC)NCCOc1ccc(C)cc1. The minimum absolute atomic E-state index is 0.0694. The summed E-state index contributed by atoms with van der Waals surface area (Å²) in [4.78, 5) is 4.26. The summed E-state index contributed by atoms with van der Waals surface area (Å²) < 4.78 is 28.5. The molecule has 0 aliphatic heterocycles. The first kappa shape index (κ1) is 19.3. The molecule has 0 aliphatic carbocycles. The smallest absolute Gasteiger partial charge is 0.191 e. The summed E-state index contributed by atoms with van der Waals surface area (Å²) in [6.07, 6.45) is 0. The van der Waals surface area contributed by atoms with Gasteiger partial charge in [0, 0.05) is 12.3 Å². The summed E-state index contributed by atoms with van der Waals surface area (Å²) in [5, 5.41) is 6.21. The van der Waals surface area contributed by atoms with Gasteiger partial charge < -0.3 is 15.4 Å². The Kier molecular flexibility index (Phi) is 8.47. The van der Waals surface area contributed by atoms with Gasteiger partial charge in [0.05, 0.1) is 18.8 Å². The van der Waals surface area contributed by atoms with Gasteiger partial charge in [-0.15, -0.1) is 0 Å². The van der Waals surface area contributed by atoms with Crippen LogP contribution in [0.3, 0.4) is 0 Å². The Balaban J connectivity index is 2.36. The lowest BCUT2D eigenvalue weighted by Gasteiger charge is -2.12. The van der Waals surface area contributed by atoms with E-state index in [1.165, 1.54) is 5.56 Å². The van der Waals surface area contributed by atoms with Crippen LogP contribution in [-0.2, 0) is 9.84 Å². The lowest BCUT2D eigenvalue weighted by atomic mass is 10.2. The van der Waals surface area contributed by atoms with Gasteiger partial charge in [0.2, 0.25) is 0 Å². The number of benzene rings is 1. The second-order valence-electron chi connectivity index (χ2n) is 5.09. The summed E-state index contributed by atoms with van der Waals surface area (Å²) in [6.45, 7) is 7.69. The Hall–Kier alpha value is -1.76. The van der Waals surface area contributed by atoms with Crippen LogP contribution in [0.4, 0.5) is 0 Å². The van der Waals surface area contributed by atoms with E-state index in [9.17, 15) is 8.42 Å². The van der Waals surface area contributed by atoms with E-state index in [-0.39, 0.29) is 18.1 Å². The summed E-state index contributed by atoms with van der Waals surface area (Å²) in [6, 6.07) is 7.87. The number of rotatable bonds is 9. The van der Waals surface area contributed by atoms with E-state index >= 15 is 0 Å². The standard InChI is InChI=1S/C16H27N3O3S/c1-4-17-16(19-11-13-23(20,21)5-2)18-10-12-22-15-8-6-14(3)7-9-15/h6-9H,4-5,10-13H2,1-3H3,(H2,17,18,19). The summed E-state index contributed by atoms with van der Waals surface area (Å²) in [5.74, 6) is 1.65. The third kappa shape index (κ3) is 8.44. The molecule has 0 aromatic heterocycles. The quantitative estimate of drug-likeness (QED) is 0.403. The van der Waals surface area contributed by atoms with Crippen molar-refractivity contribution in [2.24, 2.45) is 4.99 Å². The minimum Gasteiger partial charge on any atom is -0.492 e. The monoisotopic (exact) mass is 341 g/mol. The van der Waals surface area contributed by atoms with Gasteiger partial charge >= 0.3 is 0 Å². The van der Waals surface area contributed by atoms with Crippen LogP contribution in [0.5, 0.6) is 5.75 Å². The van der Waals surface area contributed by atoms with E-state index in [0.717, 1.165) is 5.75 Å². The molecule has 0 amide bonds. The van der Waals surface area contributed by atoms with Gasteiger partial charge in [0.15, 0.2) is 15.8 Å². The zero-order valence-corrected chi connectivity index (χ0v) is 14.9. The Labute approximate surface area is 139 Å². The van der Waals surface area contributed by atoms with Crippen molar-refractivity contribution < 1.29 is 13.2 Å². The van der Waals surface area contributed by atoms with Gasteiger partial charge in [0.25, 0.3) is 0 Å². The third-order valence-corrected chi connectivity index (χ3v) is 4.82. The first-order valence-corrected chi connectivity index (χ1v) is 9.71. The van der Waals surface area contributed by atoms with E-state index in [0.29, 0.717) is 25.7 Å². The number of hydrogen-bond acceptors (Lipinski definition) is 4. The molecule has 0 bridgehead atoms. The van der Waals surface area contributed by atoms with Crippen molar-refractivity contribution in [3.8, 4) is 5.75 Å². The van der Waals surface area contributed by atoms with E-state index in [1.54, 1.807) is 6.92 Å². The predicted molar refractivity (Wildman–Crippen MR) is 95.0 cm³/mol. The van der Waals surface area contributed by atoms with E-state index in [2.05, 4.69) is 15.6 Å². The Morgan fingerprint density at radius 3 is 2.48 bits per heavy atom. The van der Waals surface area contributed by atoms with Crippen LogP contribution in [0, 0.1) is 6.92 Å². The number of nitrogens with zero attached hydrogens (tertiary/aromatic N) is 1. The Bertz CT molecular complexity index is 583. The van der Waals surface area contributed by atoms with E-state index in [4.69, 9.17) is 4.74 Å². The molecule has 6 nitrogen and oxygen atoms in total. The predicted octanol–water partition coefficient (Wildman–Crippen LogP) is 1.36. The summed E-state index contributed by atoms with van der Waals surface area (Å²) >= 11 is 0. The van der Waals surface area contributed by atoms with Crippen molar-refractivity contribution in [1.82, 2.24) is 10.6 Å². The molecule has 130 valence electrons. The zero-order valence-electron chi connectivity index (χ0n) is 14.1. The number of aryl methyl sites for hydroxylation is 1. The second kappa shape index (κ2) is 10.1. The lowest BCUT2D eigenvalue weighted by molar-refractivity contribution is 0.322. The van der Waals surface area contributed by atoms with Crippen LogP contribution in [0.2, 0.25) is 0 Å². The molecule has 0 unspecified atom stereocenters. The average Bonchev–Trinajstić information content (AvgIpc) is 2.53. The highest BCUT2D eigenvalue weighted by Gasteiger charge is 2.06. The molecule has 7 heteroatoms. The molecule has 1 aromatic carbocycles. The van der Waals surface area contributed by atoms with Gasteiger partial charge in [-0.2, -0.15) is 0 Å². The lowest BCUT2D eigenvalue weighted by Crippen LogP contribution is -2.39. The fourth-order valence-corrected chi connectivity index (χ4v) is 2.41. The molecule has 1 aromatic rings. The molecular weight excluding hydrogens is 314 g/mol. The first-order chi connectivity index (χ1) is 11.0. The molecule has 1 rings (SSSR count). The molecule has 0 saturated carbocycles. The van der Waals surface area contributed by atoms with Crippen LogP contribution >= 0.6 is 0 Å². The second-order valence-corrected chi connectivity index (χ2v) is 7.56. The van der Waals surface area contributed by atoms with Crippen LogP contribution in [0.15, 0.2) is 29.3 Å². The van der Waals surface area contributed by atoms with Crippen molar-refractivity contribution in [1.29, 1.82) is 0 Å².